The first-order valence-corrected chi connectivity index (χ1v) is 13.7. The number of fused-ring (bicyclic) bond motifs is 1. The fraction of sp³-hybridized carbons (Fsp3) is 0.323. The highest BCUT2D eigenvalue weighted by Gasteiger charge is 2.25. The zero-order chi connectivity index (χ0) is 26.7. The van der Waals surface area contributed by atoms with Crippen molar-refractivity contribution in [2.24, 2.45) is 11.3 Å². The molecule has 1 fully saturated rings. The summed E-state index contributed by atoms with van der Waals surface area (Å²) in [7, 11) is 0. The van der Waals surface area contributed by atoms with E-state index in [0.29, 0.717) is 28.6 Å². The quantitative estimate of drug-likeness (QED) is 0.304. The van der Waals surface area contributed by atoms with Crippen LogP contribution in [0.4, 0.5) is 4.39 Å². The van der Waals surface area contributed by atoms with Gasteiger partial charge in [-0.25, -0.2) is 0 Å². The number of likely N-dealkylation sites (tertiary alicyclic amines) is 1. The molecule has 0 radical (unpaired) electrons. The van der Waals surface area contributed by atoms with Crippen molar-refractivity contribution >= 4 is 27.2 Å². The van der Waals surface area contributed by atoms with Crippen molar-refractivity contribution in [1.82, 2.24) is 4.90 Å². The monoisotopic (exact) mass is 533 g/mol. The van der Waals surface area contributed by atoms with E-state index in [1.54, 1.807) is 30.3 Å². The Hall–Kier alpha value is -3.42. The van der Waals surface area contributed by atoms with Gasteiger partial charge in [0.15, 0.2) is 5.75 Å². The topological polar surface area (TPSA) is 59.0 Å². The molecular weight excluding hydrogens is 501 g/mol. The predicted octanol–water partition coefficient (Wildman–Crippen LogP) is 6.89. The first-order valence-electron chi connectivity index (χ1n) is 12.9. The maximum Gasteiger partial charge on any atom is 0.206 e. The lowest BCUT2D eigenvalue weighted by atomic mass is 9.92. The van der Waals surface area contributed by atoms with Crippen LogP contribution in [-0.4, -0.2) is 48.7 Å². The van der Waals surface area contributed by atoms with Gasteiger partial charge in [0.2, 0.25) is 5.78 Å². The van der Waals surface area contributed by atoms with Crippen LogP contribution >= 0.6 is 11.3 Å². The van der Waals surface area contributed by atoms with Crippen molar-refractivity contribution in [1.29, 1.82) is 0 Å². The SMILES string of the molecule is CC1(C)C=C(OCCN2CC[C@@H](CF)C2)C=CC(Oc2c(C(=O)c3ccccc3)sc3cc(O)ccc23)=C1. The Morgan fingerprint density at radius 3 is 2.66 bits per heavy atom. The largest absolute Gasteiger partial charge is 0.508 e. The average molecular weight is 534 g/mol. The summed E-state index contributed by atoms with van der Waals surface area (Å²) in [5, 5.41) is 10.8. The number of thiophene rings is 1. The van der Waals surface area contributed by atoms with Gasteiger partial charge in [0.1, 0.15) is 28.8 Å². The summed E-state index contributed by atoms with van der Waals surface area (Å²) >= 11 is 1.31. The molecule has 2 aliphatic rings. The summed E-state index contributed by atoms with van der Waals surface area (Å²) in [5.74, 6) is 1.98. The number of phenolic OH excluding ortho intramolecular Hbond substituents is 1. The lowest BCUT2D eigenvalue weighted by Gasteiger charge is -2.18. The van der Waals surface area contributed by atoms with Gasteiger partial charge in [-0.1, -0.05) is 44.2 Å². The van der Waals surface area contributed by atoms with Crippen LogP contribution in [0.3, 0.4) is 0 Å². The number of aromatic hydroxyl groups is 1. The van der Waals surface area contributed by atoms with Crippen molar-refractivity contribution in [3.05, 3.63) is 94.8 Å². The lowest BCUT2D eigenvalue weighted by Crippen LogP contribution is -2.25. The molecule has 2 aromatic carbocycles. The number of halogens is 1. The summed E-state index contributed by atoms with van der Waals surface area (Å²) in [6, 6.07) is 14.2. The van der Waals surface area contributed by atoms with Crippen molar-refractivity contribution in [3.63, 3.8) is 0 Å². The fourth-order valence-electron chi connectivity index (χ4n) is 4.87. The van der Waals surface area contributed by atoms with E-state index in [1.165, 1.54) is 11.3 Å². The number of nitrogens with zero attached hydrogens (tertiary/aromatic N) is 1. The Labute approximate surface area is 226 Å². The maximum absolute atomic E-state index is 13.5. The normalized spacial score (nSPS) is 19.2. The summed E-state index contributed by atoms with van der Waals surface area (Å²) in [6.07, 6.45) is 8.70. The van der Waals surface area contributed by atoms with E-state index in [9.17, 15) is 14.3 Å². The number of alkyl halides is 1. The number of rotatable bonds is 9. The third-order valence-corrected chi connectivity index (χ3v) is 7.93. The molecule has 1 N–H and O–H groups in total. The standard InChI is InChI=1S/C31H32FNO4S/c1-31(2)17-24(36-15-14-33-13-12-21(19-32)20-33)9-10-25(18-31)37-29-26-11-8-23(34)16-27(26)38-30(29)28(35)22-6-4-3-5-7-22/h3-11,16-18,21,34H,12-15,19-20H2,1-2H3/t21-/m0/s1. The van der Waals surface area contributed by atoms with Crippen LogP contribution in [0.2, 0.25) is 0 Å². The van der Waals surface area contributed by atoms with Crippen molar-refractivity contribution < 1.29 is 23.8 Å². The highest BCUT2D eigenvalue weighted by molar-refractivity contribution is 7.21. The van der Waals surface area contributed by atoms with Gasteiger partial charge in [0.25, 0.3) is 0 Å². The molecule has 198 valence electrons. The van der Waals surface area contributed by atoms with E-state index in [4.69, 9.17) is 9.47 Å². The van der Waals surface area contributed by atoms with E-state index < -0.39 is 0 Å². The molecular formula is C31H32FNO4S. The Bertz CT molecular complexity index is 1410. The smallest absolute Gasteiger partial charge is 0.206 e. The number of carbonyl (C=O) groups excluding carboxylic acids is 1. The molecule has 0 saturated carbocycles. The predicted molar refractivity (Wildman–Crippen MR) is 150 cm³/mol. The molecule has 2 heterocycles. The van der Waals surface area contributed by atoms with Gasteiger partial charge in [0.05, 0.1) is 6.67 Å². The fourth-order valence-corrected chi connectivity index (χ4v) is 6.00. The summed E-state index contributed by atoms with van der Waals surface area (Å²) in [4.78, 5) is 16.2. The highest BCUT2D eigenvalue weighted by atomic mass is 32.1. The molecule has 1 atom stereocenters. The van der Waals surface area contributed by atoms with Crippen LogP contribution in [-0.2, 0) is 4.74 Å². The molecule has 3 aromatic rings. The highest BCUT2D eigenvalue weighted by Crippen LogP contribution is 2.42. The van der Waals surface area contributed by atoms with Gasteiger partial charge in [-0.3, -0.25) is 14.1 Å². The van der Waals surface area contributed by atoms with Crippen LogP contribution < -0.4 is 4.74 Å². The van der Waals surface area contributed by atoms with Crippen molar-refractivity contribution in [3.8, 4) is 11.5 Å². The minimum atomic E-state index is -0.366. The van der Waals surface area contributed by atoms with Gasteiger partial charge in [-0.15, -0.1) is 11.3 Å². The maximum atomic E-state index is 13.5. The van der Waals surface area contributed by atoms with Gasteiger partial charge in [-0.2, -0.15) is 0 Å². The molecule has 7 heteroatoms. The van der Waals surface area contributed by atoms with E-state index >= 15 is 0 Å². The summed E-state index contributed by atoms with van der Waals surface area (Å²) in [5.41, 5.74) is 0.210. The van der Waals surface area contributed by atoms with Gasteiger partial charge in [-0.05, 0) is 55.5 Å². The van der Waals surface area contributed by atoms with E-state index in [2.05, 4.69) is 18.7 Å². The second-order valence-electron chi connectivity index (χ2n) is 10.4. The lowest BCUT2D eigenvalue weighted by molar-refractivity contribution is 0.104. The number of phenols is 1. The second kappa shape index (κ2) is 11.1. The van der Waals surface area contributed by atoms with E-state index in [-0.39, 0.29) is 29.5 Å². The van der Waals surface area contributed by atoms with E-state index in [0.717, 1.165) is 41.9 Å². The van der Waals surface area contributed by atoms with Crippen LogP contribution in [0.1, 0.15) is 35.5 Å². The second-order valence-corrected chi connectivity index (χ2v) is 11.5. The Kier molecular flexibility index (Phi) is 7.68. The first kappa shape index (κ1) is 26.2. The van der Waals surface area contributed by atoms with Crippen molar-refractivity contribution in [2.75, 3.05) is 32.9 Å². The minimum Gasteiger partial charge on any atom is -0.508 e. The molecule has 0 unspecified atom stereocenters. The molecule has 1 aliphatic carbocycles. The number of hydrogen-bond acceptors (Lipinski definition) is 6. The summed E-state index contributed by atoms with van der Waals surface area (Å²) < 4.78 is 26.2. The number of carbonyl (C=O) groups is 1. The third kappa shape index (κ3) is 6.00. The zero-order valence-electron chi connectivity index (χ0n) is 21.7. The number of ether oxygens (including phenoxy) is 2. The average Bonchev–Trinajstić information content (AvgIpc) is 3.46. The molecule has 0 spiro atoms. The van der Waals surface area contributed by atoms with E-state index in [1.807, 2.05) is 42.5 Å². The Balaban J connectivity index is 1.36. The van der Waals surface area contributed by atoms with Crippen LogP contribution in [0.25, 0.3) is 10.1 Å². The zero-order valence-corrected chi connectivity index (χ0v) is 22.5. The van der Waals surface area contributed by atoms with Crippen molar-refractivity contribution in [2.45, 2.75) is 20.3 Å². The first-order chi connectivity index (χ1) is 18.3. The molecule has 5 rings (SSSR count). The Morgan fingerprint density at radius 2 is 1.89 bits per heavy atom. The molecule has 38 heavy (non-hydrogen) atoms. The van der Waals surface area contributed by atoms with Gasteiger partial charge < -0.3 is 14.6 Å². The molecule has 0 amide bonds. The van der Waals surface area contributed by atoms with Crippen LogP contribution in [0, 0.1) is 11.3 Å². The number of allylic oxidation sites excluding steroid dienone is 4. The summed E-state index contributed by atoms with van der Waals surface area (Å²) in [6.45, 7) is 6.86. The third-order valence-electron chi connectivity index (χ3n) is 6.80. The number of benzene rings is 2. The number of hydrogen-bond donors (Lipinski definition) is 1. The minimum absolute atomic E-state index is 0.127. The molecule has 1 aromatic heterocycles. The van der Waals surface area contributed by atoms with Gasteiger partial charge >= 0.3 is 0 Å². The molecule has 0 bridgehead atoms. The molecule has 1 aliphatic heterocycles. The van der Waals surface area contributed by atoms with Crippen LogP contribution in [0.5, 0.6) is 11.5 Å². The molecule has 1 saturated heterocycles. The van der Waals surface area contributed by atoms with Gasteiger partial charge in [0, 0.05) is 40.1 Å². The van der Waals surface area contributed by atoms with Crippen LogP contribution in [0.15, 0.2) is 84.4 Å². The molecule has 5 nitrogen and oxygen atoms in total. The Morgan fingerprint density at radius 1 is 1.13 bits per heavy atom. The number of ketones is 1.